The number of carboxylic acids is 1. The molecule has 0 fully saturated rings. The Morgan fingerprint density at radius 2 is 2.19 bits per heavy atom. The van der Waals surface area contributed by atoms with Crippen molar-refractivity contribution < 1.29 is 9.90 Å². The third kappa shape index (κ3) is 2.16. The molecule has 0 aliphatic rings. The van der Waals surface area contributed by atoms with Gasteiger partial charge in [-0.1, -0.05) is 0 Å². The van der Waals surface area contributed by atoms with Gasteiger partial charge < -0.3 is 9.67 Å². The zero-order valence-corrected chi connectivity index (χ0v) is 9.05. The van der Waals surface area contributed by atoms with E-state index in [0.29, 0.717) is 10.2 Å². The molecule has 7 nitrogen and oxygen atoms in total. The van der Waals surface area contributed by atoms with Crippen LogP contribution in [0.1, 0.15) is 10.5 Å². The number of carbonyl (C=O) groups is 1. The lowest BCUT2D eigenvalue weighted by Crippen LogP contribution is -2.01. The molecule has 8 heteroatoms. The van der Waals surface area contributed by atoms with Crippen molar-refractivity contribution in [3.63, 3.8) is 0 Å². The van der Waals surface area contributed by atoms with Gasteiger partial charge in [0, 0.05) is 7.05 Å². The third-order valence-electron chi connectivity index (χ3n) is 1.72. The van der Waals surface area contributed by atoms with E-state index in [-0.39, 0.29) is 5.69 Å². The summed E-state index contributed by atoms with van der Waals surface area (Å²) in [5.41, 5.74) is -0.0812. The summed E-state index contributed by atoms with van der Waals surface area (Å²) in [5, 5.41) is 24.8. The summed E-state index contributed by atoms with van der Waals surface area (Å²) in [6.45, 7) is 0. The smallest absolute Gasteiger partial charge is 0.356 e. The fraction of sp³-hybridized carbons (Fsp3) is 0.125. The van der Waals surface area contributed by atoms with Gasteiger partial charge in [0.15, 0.2) is 10.9 Å². The first-order valence-corrected chi connectivity index (χ1v) is 5.07. The molecule has 2 heterocycles. The van der Waals surface area contributed by atoms with Crippen molar-refractivity contribution in [3.05, 3.63) is 24.2 Å². The van der Waals surface area contributed by atoms with Crippen LogP contribution in [-0.4, -0.2) is 36.0 Å². The second kappa shape index (κ2) is 4.27. The Morgan fingerprint density at radius 1 is 1.38 bits per heavy atom. The molecule has 0 unspecified atom stereocenters. The van der Waals surface area contributed by atoms with E-state index >= 15 is 0 Å². The van der Waals surface area contributed by atoms with Crippen LogP contribution in [0.15, 0.2) is 28.6 Å². The van der Waals surface area contributed by atoms with Crippen LogP contribution >= 0.6 is 11.8 Å². The quantitative estimate of drug-likeness (QED) is 0.828. The van der Waals surface area contributed by atoms with Gasteiger partial charge in [-0.2, -0.15) is 0 Å². The van der Waals surface area contributed by atoms with E-state index in [1.165, 1.54) is 17.8 Å². The SMILES string of the molecule is Cn1cnnc1Sc1ccc(C(=O)O)nn1. The molecule has 16 heavy (non-hydrogen) atoms. The van der Waals surface area contributed by atoms with Crippen LogP contribution in [0.3, 0.4) is 0 Å². The summed E-state index contributed by atoms with van der Waals surface area (Å²) in [7, 11) is 1.81. The molecule has 0 aromatic carbocycles. The van der Waals surface area contributed by atoms with Crippen LogP contribution < -0.4 is 0 Å². The first-order chi connectivity index (χ1) is 7.66. The zero-order valence-electron chi connectivity index (χ0n) is 8.23. The van der Waals surface area contributed by atoms with Crippen molar-refractivity contribution in [2.24, 2.45) is 7.05 Å². The molecule has 2 aromatic rings. The van der Waals surface area contributed by atoms with Gasteiger partial charge >= 0.3 is 5.97 Å². The Bertz CT molecular complexity index is 509. The molecule has 82 valence electrons. The van der Waals surface area contributed by atoms with Gasteiger partial charge in [-0.05, 0) is 23.9 Å². The van der Waals surface area contributed by atoms with Gasteiger partial charge in [-0.3, -0.25) is 0 Å². The molecule has 0 atom stereocenters. The van der Waals surface area contributed by atoms with E-state index in [0.717, 1.165) is 0 Å². The summed E-state index contributed by atoms with van der Waals surface area (Å²) in [5.74, 6) is -1.09. The average molecular weight is 237 g/mol. The molecule has 0 bridgehead atoms. The lowest BCUT2D eigenvalue weighted by Gasteiger charge is -1.98. The normalized spacial score (nSPS) is 10.3. The highest BCUT2D eigenvalue weighted by atomic mass is 32.2. The number of carboxylic acid groups (broad SMARTS) is 1. The molecular weight excluding hydrogens is 230 g/mol. The van der Waals surface area contributed by atoms with Crippen molar-refractivity contribution in [1.29, 1.82) is 0 Å². The summed E-state index contributed by atoms with van der Waals surface area (Å²) in [4.78, 5) is 10.5. The van der Waals surface area contributed by atoms with Gasteiger partial charge in [0.1, 0.15) is 11.4 Å². The fourth-order valence-electron chi connectivity index (χ4n) is 0.947. The van der Waals surface area contributed by atoms with Crippen LogP contribution in [0, 0.1) is 0 Å². The number of hydrogen-bond acceptors (Lipinski definition) is 6. The minimum Gasteiger partial charge on any atom is -0.476 e. The lowest BCUT2D eigenvalue weighted by molar-refractivity contribution is 0.0689. The number of rotatable bonds is 3. The van der Waals surface area contributed by atoms with Crippen LogP contribution in [0.4, 0.5) is 0 Å². The number of hydrogen-bond donors (Lipinski definition) is 1. The van der Waals surface area contributed by atoms with Gasteiger partial charge in [-0.15, -0.1) is 20.4 Å². The topological polar surface area (TPSA) is 93.8 Å². The Kier molecular flexibility index (Phi) is 2.82. The Balaban J connectivity index is 2.17. The van der Waals surface area contributed by atoms with Crippen molar-refractivity contribution in [2.75, 3.05) is 0 Å². The molecule has 0 aliphatic carbocycles. The van der Waals surface area contributed by atoms with Crippen molar-refractivity contribution in [2.45, 2.75) is 10.2 Å². The monoisotopic (exact) mass is 237 g/mol. The van der Waals surface area contributed by atoms with Crippen molar-refractivity contribution >= 4 is 17.7 Å². The molecule has 0 spiro atoms. The maximum absolute atomic E-state index is 10.5. The maximum atomic E-state index is 10.5. The van der Waals surface area contributed by atoms with Crippen molar-refractivity contribution in [3.8, 4) is 0 Å². The van der Waals surface area contributed by atoms with E-state index in [4.69, 9.17) is 5.11 Å². The van der Waals surface area contributed by atoms with Gasteiger partial charge in [0.2, 0.25) is 0 Å². The predicted molar refractivity (Wildman–Crippen MR) is 54.1 cm³/mol. The zero-order chi connectivity index (χ0) is 11.5. The highest BCUT2D eigenvalue weighted by Gasteiger charge is 2.08. The Labute approximate surface area is 94.5 Å². The van der Waals surface area contributed by atoms with Gasteiger partial charge in [-0.25, -0.2) is 4.79 Å². The molecule has 1 N–H and O–H groups in total. The minimum absolute atomic E-state index is 0.0812. The molecule has 0 amide bonds. The molecule has 0 radical (unpaired) electrons. The van der Waals surface area contributed by atoms with Crippen LogP contribution in [0.25, 0.3) is 0 Å². The van der Waals surface area contributed by atoms with E-state index in [9.17, 15) is 4.79 Å². The largest absolute Gasteiger partial charge is 0.476 e. The highest BCUT2D eigenvalue weighted by molar-refractivity contribution is 7.99. The summed E-state index contributed by atoms with van der Waals surface area (Å²) in [6, 6.07) is 2.98. The van der Waals surface area contributed by atoms with E-state index in [1.54, 1.807) is 24.0 Å². The molecule has 0 saturated carbocycles. The highest BCUT2D eigenvalue weighted by Crippen LogP contribution is 2.22. The number of nitrogens with zero attached hydrogens (tertiary/aromatic N) is 5. The first kappa shape index (κ1) is 10.6. The number of aryl methyl sites for hydroxylation is 1. The fourth-order valence-corrected chi connectivity index (χ4v) is 1.63. The van der Waals surface area contributed by atoms with E-state index < -0.39 is 5.97 Å². The van der Waals surface area contributed by atoms with Crippen molar-refractivity contribution in [1.82, 2.24) is 25.0 Å². The molecule has 2 aromatic heterocycles. The molecule has 0 aliphatic heterocycles. The van der Waals surface area contributed by atoms with Crippen LogP contribution in [0.2, 0.25) is 0 Å². The Morgan fingerprint density at radius 3 is 2.69 bits per heavy atom. The first-order valence-electron chi connectivity index (χ1n) is 4.25. The summed E-state index contributed by atoms with van der Waals surface area (Å²) >= 11 is 1.26. The van der Waals surface area contributed by atoms with E-state index in [2.05, 4.69) is 20.4 Å². The lowest BCUT2D eigenvalue weighted by atomic mass is 10.4. The summed E-state index contributed by atoms with van der Waals surface area (Å²) in [6.07, 6.45) is 1.57. The Hall–Kier alpha value is -1.96. The van der Waals surface area contributed by atoms with Gasteiger partial charge in [0.25, 0.3) is 0 Å². The number of aromatic carboxylic acids is 1. The van der Waals surface area contributed by atoms with E-state index in [1.807, 2.05) is 0 Å². The van der Waals surface area contributed by atoms with Crippen LogP contribution in [-0.2, 0) is 7.05 Å². The predicted octanol–water partition coefficient (Wildman–Crippen LogP) is 0.454. The summed E-state index contributed by atoms with van der Waals surface area (Å²) < 4.78 is 1.73. The standard InChI is InChI=1S/C8H7N5O2S/c1-13-4-9-12-8(13)16-6-3-2-5(7(14)15)10-11-6/h2-4H,1H3,(H,14,15). The molecular formula is C8H7N5O2S. The average Bonchev–Trinajstić information content (AvgIpc) is 2.65. The molecule has 2 rings (SSSR count). The maximum Gasteiger partial charge on any atom is 0.356 e. The van der Waals surface area contributed by atoms with Gasteiger partial charge in [0.05, 0.1) is 0 Å². The number of aromatic nitrogens is 5. The van der Waals surface area contributed by atoms with Crippen LogP contribution in [0.5, 0.6) is 0 Å². The minimum atomic E-state index is -1.09. The second-order valence-corrected chi connectivity index (χ2v) is 3.88. The molecule has 0 saturated heterocycles. The third-order valence-corrected chi connectivity index (χ3v) is 2.70. The second-order valence-electron chi connectivity index (χ2n) is 2.89.